The maximum atomic E-state index is 13.1. The Morgan fingerprint density at radius 1 is 1.11 bits per heavy atom. The first-order chi connectivity index (χ1) is 21.2. The second-order valence-electron chi connectivity index (χ2n) is 12.6. The number of nitrogens with one attached hydrogen (secondary N) is 4. The lowest BCUT2D eigenvalue weighted by molar-refractivity contribution is -0.929. The summed E-state index contributed by atoms with van der Waals surface area (Å²) in [5.74, 6) is -0.383. The van der Waals surface area contributed by atoms with Gasteiger partial charge in [0.25, 0.3) is 5.91 Å². The first-order valence-electron chi connectivity index (χ1n) is 15.6. The van der Waals surface area contributed by atoms with E-state index in [2.05, 4.69) is 51.2 Å². The minimum atomic E-state index is -0.140. The first-order valence-corrected chi connectivity index (χ1v) is 15.6. The molecule has 0 bridgehead atoms. The third-order valence-corrected chi connectivity index (χ3v) is 8.56. The summed E-state index contributed by atoms with van der Waals surface area (Å²) in [6.45, 7) is 11.6. The molecule has 2 fully saturated rings. The summed E-state index contributed by atoms with van der Waals surface area (Å²) in [5.41, 5.74) is 5.73. The van der Waals surface area contributed by atoms with E-state index in [1.165, 1.54) is 11.1 Å². The summed E-state index contributed by atoms with van der Waals surface area (Å²) in [7, 11) is 2.15. The predicted octanol–water partition coefficient (Wildman–Crippen LogP) is 4.08. The van der Waals surface area contributed by atoms with Gasteiger partial charge in [-0.15, -0.1) is 0 Å². The lowest BCUT2D eigenvalue weighted by Crippen LogP contribution is -2.58. The van der Waals surface area contributed by atoms with Gasteiger partial charge >= 0.3 is 5.97 Å². The number of carbonyl (C=O) groups excluding carboxylic acids is 2. The summed E-state index contributed by atoms with van der Waals surface area (Å²) in [4.78, 5) is 31.7. The Morgan fingerprint density at radius 3 is 2.59 bits per heavy atom. The van der Waals surface area contributed by atoms with E-state index >= 15 is 0 Å². The Bertz CT molecular complexity index is 1410. The second kappa shape index (κ2) is 14.3. The van der Waals surface area contributed by atoms with E-state index in [4.69, 9.17) is 4.74 Å². The van der Waals surface area contributed by atoms with Crippen LogP contribution in [-0.2, 0) is 16.1 Å². The summed E-state index contributed by atoms with van der Waals surface area (Å²) in [6.07, 6.45) is 4.57. The van der Waals surface area contributed by atoms with Gasteiger partial charge < -0.3 is 15.4 Å². The van der Waals surface area contributed by atoms with Crippen molar-refractivity contribution < 1.29 is 18.8 Å². The molecule has 0 radical (unpaired) electrons. The number of nitrogens with zero attached hydrogens (tertiary/aromatic N) is 3. The molecule has 5 rings (SSSR count). The normalized spacial score (nSPS) is 20.2. The number of benzene rings is 2. The molecule has 3 heterocycles. The van der Waals surface area contributed by atoms with E-state index in [1.807, 2.05) is 68.6 Å². The molecule has 0 aliphatic carbocycles. The molecular weight excluding hydrogens is 554 g/mol. The maximum Gasteiger partial charge on any atom is 0.312 e. The van der Waals surface area contributed by atoms with Gasteiger partial charge in [-0.05, 0) is 60.4 Å². The van der Waals surface area contributed by atoms with E-state index in [9.17, 15) is 9.59 Å². The van der Waals surface area contributed by atoms with Crippen LogP contribution >= 0.6 is 0 Å². The van der Waals surface area contributed by atoms with Crippen molar-refractivity contribution >= 4 is 23.3 Å². The van der Waals surface area contributed by atoms with Crippen molar-refractivity contribution in [3.05, 3.63) is 89.2 Å². The molecule has 2 atom stereocenters. The Morgan fingerprint density at radius 2 is 1.89 bits per heavy atom. The van der Waals surface area contributed by atoms with Crippen molar-refractivity contribution in [3.63, 3.8) is 0 Å². The Balaban J connectivity index is 1.11. The molecule has 10 nitrogen and oxygen atoms in total. The number of likely N-dealkylation sites (N-methyl/N-ethyl adjacent to an activating group) is 1. The number of piperazine rings is 1. The smallest absolute Gasteiger partial charge is 0.312 e. The van der Waals surface area contributed by atoms with Gasteiger partial charge in [-0.2, -0.15) is 0 Å². The van der Waals surface area contributed by atoms with Gasteiger partial charge in [0.1, 0.15) is 6.29 Å². The molecule has 1 amide bonds. The highest BCUT2D eigenvalue weighted by Crippen LogP contribution is 2.24. The average Bonchev–Trinajstić information content (AvgIpc) is 3.03. The largest absolute Gasteiger partial charge is 0.415 e. The van der Waals surface area contributed by atoms with Gasteiger partial charge in [0.05, 0.1) is 26.1 Å². The maximum absolute atomic E-state index is 13.1. The third-order valence-electron chi connectivity index (χ3n) is 8.56. The van der Waals surface area contributed by atoms with E-state index in [0.29, 0.717) is 12.3 Å². The van der Waals surface area contributed by atoms with Crippen LogP contribution in [0.1, 0.15) is 53.4 Å². The molecule has 0 saturated carbocycles. The van der Waals surface area contributed by atoms with E-state index in [-0.39, 0.29) is 30.1 Å². The first kappa shape index (κ1) is 31.6. The Labute approximate surface area is 260 Å². The van der Waals surface area contributed by atoms with Crippen molar-refractivity contribution in [1.29, 1.82) is 0 Å². The zero-order valence-electron chi connectivity index (χ0n) is 26.3. The van der Waals surface area contributed by atoms with Crippen molar-refractivity contribution in [2.75, 3.05) is 57.1 Å². The van der Waals surface area contributed by atoms with Crippen LogP contribution in [0.5, 0.6) is 0 Å². The van der Waals surface area contributed by atoms with Crippen LogP contribution in [0, 0.1) is 12.8 Å². The number of anilines is 2. The van der Waals surface area contributed by atoms with Crippen molar-refractivity contribution in [1.82, 2.24) is 20.5 Å². The molecule has 4 N–H and O–H groups in total. The second-order valence-corrected chi connectivity index (χ2v) is 12.6. The van der Waals surface area contributed by atoms with Gasteiger partial charge in [0.2, 0.25) is 6.73 Å². The molecule has 0 spiro atoms. The standard InChI is InChI=1S/C34H45N7O3/c1-24(2)33(43)44-23-41(4)18-16-40(17-19-41)22-26-8-10-27(11-9-26)32(42)37-29-12-7-25(3)31(20-29)39-34-36-15-13-30(38-34)28-6-5-14-35-21-28/h5-12,14,20-21,24,30,34,36,38-39H,13,15-19,22-23H2,1-4H3/p+1. The number of pyridine rings is 1. The third kappa shape index (κ3) is 8.41. The Hall–Kier alpha value is -3.83. The quantitative estimate of drug-likeness (QED) is 0.204. The van der Waals surface area contributed by atoms with Crippen molar-refractivity contribution in [3.8, 4) is 0 Å². The van der Waals surface area contributed by atoms with Crippen LogP contribution in [0.3, 0.4) is 0 Å². The van der Waals surface area contributed by atoms with Crippen LogP contribution in [-0.4, -0.2) is 79.0 Å². The molecule has 2 saturated heterocycles. The number of quaternary nitrogens is 1. The fraction of sp³-hybridized carbons (Fsp3) is 0.441. The molecule has 2 aliphatic heterocycles. The average molecular weight is 601 g/mol. The zero-order chi connectivity index (χ0) is 31.1. The molecular formula is C34H46N7O3+. The van der Waals surface area contributed by atoms with Gasteiger partial charge in [0.15, 0.2) is 0 Å². The summed E-state index contributed by atoms with van der Waals surface area (Å²) >= 11 is 0. The van der Waals surface area contributed by atoms with Gasteiger partial charge in [-0.25, -0.2) is 0 Å². The fourth-order valence-electron chi connectivity index (χ4n) is 5.55. The van der Waals surface area contributed by atoms with Crippen LogP contribution in [0.25, 0.3) is 0 Å². The van der Waals surface area contributed by atoms with E-state index < -0.39 is 0 Å². The number of ether oxygens (including phenoxy) is 1. The number of esters is 1. The molecule has 44 heavy (non-hydrogen) atoms. The summed E-state index contributed by atoms with van der Waals surface area (Å²) in [6, 6.07) is 18.0. The van der Waals surface area contributed by atoms with E-state index in [0.717, 1.165) is 67.1 Å². The van der Waals surface area contributed by atoms with Crippen LogP contribution in [0.15, 0.2) is 67.0 Å². The number of hydrogen-bond acceptors (Lipinski definition) is 8. The summed E-state index contributed by atoms with van der Waals surface area (Å²) in [5, 5.41) is 13.7. The highest BCUT2D eigenvalue weighted by Gasteiger charge is 2.30. The molecule has 2 unspecified atom stereocenters. The zero-order valence-corrected chi connectivity index (χ0v) is 26.3. The van der Waals surface area contributed by atoms with Crippen molar-refractivity contribution in [2.45, 2.75) is 46.1 Å². The minimum Gasteiger partial charge on any atom is -0.415 e. The van der Waals surface area contributed by atoms with Crippen molar-refractivity contribution in [2.24, 2.45) is 5.92 Å². The van der Waals surface area contributed by atoms with Gasteiger partial charge in [-0.1, -0.05) is 38.1 Å². The molecule has 2 aromatic carbocycles. The Kier molecular flexibility index (Phi) is 10.3. The molecule has 10 heteroatoms. The molecule has 3 aromatic rings. The fourth-order valence-corrected chi connectivity index (χ4v) is 5.55. The molecule has 234 valence electrons. The minimum absolute atomic E-state index is 0.104. The SMILES string of the molecule is Cc1ccc(NC(=O)c2ccc(CN3CC[N+](C)(COC(=O)C(C)C)CC3)cc2)cc1NC1NCCC(c2cccnc2)N1. The highest BCUT2D eigenvalue weighted by molar-refractivity contribution is 6.04. The number of carbonyl (C=O) groups is 2. The van der Waals surface area contributed by atoms with Crippen LogP contribution in [0.4, 0.5) is 11.4 Å². The lowest BCUT2D eigenvalue weighted by Gasteiger charge is -2.41. The molecule has 2 aliphatic rings. The topological polar surface area (TPSA) is 108 Å². The number of aromatic nitrogens is 1. The number of aryl methyl sites for hydroxylation is 1. The number of hydrogen-bond donors (Lipinski definition) is 4. The number of amides is 1. The van der Waals surface area contributed by atoms with E-state index in [1.54, 1.807) is 6.20 Å². The summed E-state index contributed by atoms with van der Waals surface area (Å²) < 4.78 is 6.25. The van der Waals surface area contributed by atoms with Gasteiger partial charge in [-0.3, -0.25) is 34.6 Å². The lowest BCUT2D eigenvalue weighted by atomic mass is 10.0. The van der Waals surface area contributed by atoms with Crippen LogP contribution in [0.2, 0.25) is 0 Å². The van der Waals surface area contributed by atoms with Gasteiger partial charge in [0, 0.05) is 61.6 Å². The molecule has 1 aromatic heterocycles. The highest BCUT2D eigenvalue weighted by atomic mass is 16.5. The predicted molar refractivity (Wildman–Crippen MR) is 173 cm³/mol. The monoisotopic (exact) mass is 600 g/mol. The van der Waals surface area contributed by atoms with Crippen LogP contribution < -0.4 is 21.3 Å². The number of rotatable bonds is 10.